The Kier molecular flexibility index (Phi) is 7.57. The molecule has 1 unspecified atom stereocenters. The normalized spacial score (nSPS) is 15.2. The first-order chi connectivity index (χ1) is 20.1. The molecule has 43 heavy (non-hydrogen) atoms. The maximum Gasteiger partial charge on any atom is 0.416 e. The molecule has 1 aliphatic heterocycles. The summed E-state index contributed by atoms with van der Waals surface area (Å²) in [7, 11) is -5.19. The van der Waals surface area contributed by atoms with Gasteiger partial charge in [-0.25, -0.2) is 17.6 Å². The summed E-state index contributed by atoms with van der Waals surface area (Å²) < 4.78 is 159. The highest BCUT2D eigenvalue weighted by Gasteiger charge is 2.35. The Morgan fingerprint density at radius 1 is 0.837 bits per heavy atom. The third-order valence-corrected chi connectivity index (χ3v) is 7.95. The molecule has 5 nitrogen and oxygen atoms in total. The zero-order valence-corrected chi connectivity index (χ0v) is 22.3. The molecule has 1 atom stereocenters. The van der Waals surface area contributed by atoms with Gasteiger partial charge in [0.2, 0.25) is 34.8 Å². The van der Waals surface area contributed by atoms with Crippen molar-refractivity contribution >= 4 is 10.1 Å². The van der Waals surface area contributed by atoms with Gasteiger partial charge in [-0.2, -0.15) is 30.4 Å². The molecule has 0 amide bonds. The van der Waals surface area contributed by atoms with Gasteiger partial charge in [0.1, 0.15) is 16.5 Å². The number of hydrogen-bond acceptors (Lipinski definition) is 5. The third-order valence-electron chi connectivity index (χ3n) is 6.73. The molecule has 3 aromatic carbocycles. The molecule has 0 spiro atoms. The van der Waals surface area contributed by atoms with Gasteiger partial charge in [-0.05, 0) is 49.2 Å². The number of hydrogen-bond donors (Lipinski definition) is 0. The van der Waals surface area contributed by atoms with Crippen LogP contribution in [0.4, 0.5) is 39.5 Å². The lowest BCUT2D eigenvalue weighted by Crippen LogP contribution is -2.18. The molecule has 1 aliphatic rings. The highest BCUT2D eigenvalue weighted by Crippen LogP contribution is 2.44. The summed E-state index contributed by atoms with van der Waals surface area (Å²) in [5.41, 5.74) is -0.359. The van der Waals surface area contributed by atoms with Crippen molar-refractivity contribution in [2.75, 3.05) is 6.61 Å². The summed E-state index contributed by atoms with van der Waals surface area (Å²) in [4.78, 5) is 3.31. The molecule has 0 N–H and O–H groups in total. The Balaban J connectivity index is 1.57. The minimum absolute atomic E-state index is 0.0297. The molecule has 5 rings (SSSR count). The lowest BCUT2D eigenvalue weighted by molar-refractivity contribution is -0.137. The summed E-state index contributed by atoms with van der Waals surface area (Å²) >= 11 is 0. The van der Waals surface area contributed by atoms with Gasteiger partial charge < -0.3 is 8.92 Å². The average Bonchev–Trinajstić information content (AvgIpc) is 2.97. The Morgan fingerprint density at radius 3 is 2.09 bits per heavy atom. The fraction of sp³-hybridized carbons (Fsp3) is 0.179. The summed E-state index contributed by atoms with van der Waals surface area (Å²) in [5.74, 6) is -15.9. The second-order valence-corrected chi connectivity index (χ2v) is 10.9. The van der Waals surface area contributed by atoms with Crippen LogP contribution in [0.1, 0.15) is 34.7 Å². The number of aromatic nitrogens is 1. The number of alkyl halides is 3. The minimum atomic E-state index is -5.19. The fourth-order valence-electron chi connectivity index (χ4n) is 4.62. The van der Waals surface area contributed by atoms with E-state index in [4.69, 9.17) is 4.74 Å². The lowest BCUT2D eigenvalue weighted by Gasteiger charge is -2.28. The van der Waals surface area contributed by atoms with E-state index in [-0.39, 0.29) is 35.7 Å². The maximum absolute atomic E-state index is 14.1. The van der Waals surface area contributed by atoms with Crippen LogP contribution < -0.4 is 8.92 Å². The Bertz CT molecular complexity index is 1850. The van der Waals surface area contributed by atoms with Crippen LogP contribution in [0.15, 0.2) is 53.4 Å². The number of ether oxygens (including phenoxy) is 1. The molecule has 226 valence electrons. The van der Waals surface area contributed by atoms with E-state index in [1.165, 1.54) is 25.1 Å². The smallest absolute Gasteiger partial charge is 0.416 e. The molecular weight excluding hydrogens is 617 g/mol. The van der Waals surface area contributed by atoms with E-state index in [2.05, 4.69) is 9.17 Å². The first kappa shape index (κ1) is 30.2. The highest BCUT2D eigenvalue weighted by molar-refractivity contribution is 7.87. The summed E-state index contributed by atoms with van der Waals surface area (Å²) in [6.07, 6.45) is -4.51. The SMILES string of the molecule is Cc1nc(-c2cc(C(F)(F)F)ccc2C2CCOc3cc(S(=O)(=O)Oc4c(F)c(F)c(F)c(F)c4F)ccc32)ccc1F. The molecule has 1 aromatic heterocycles. The van der Waals surface area contributed by atoms with Gasteiger partial charge in [0.25, 0.3) is 0 Å². The van der Waals surface area contributed by atoms with E-state index in [0.717, 1.165) is 30.3 Å². The molecular formula is C28H16F9NO4S. The summed E-state index contributed by atoms with van der Waals surface area (Å²) in [6.45, 7) is 1.28. The van der Waals surface area contributed by atoms with Crippen molar-refractivity contribution in [2.24, 2.45) is 0 Å². The Hall–Kier alpha value is -4.27. The molecule has 0 bridgehead atoms. The van der Waals surface area contributed by atoms with Crippen molar-refractivity contribution in [3.8, 4) is 22.8 Å². The van der Waals surface area contributed by atoms with Crippen molar-refractivity contribution in [3.05, 3.63) is 106 Å². The number of nitrogens with zero attached hydrogens (tertiary/aromatic N) is 1. The molecule has 4 aromatic rings. The Labute approximate surface area is 237 Å². The molecule has 0 fully saturated rings. The first-order valence-corrected chi connectivity index (χ1v) is 13.6. The Morgan fingerprint density at radius 2 is 1.47 bits per heavy atom. The van der Waals surface area contributed by atoms with Crippen LogP contribution >= 0.6 is 0 Å². The molecule has 0 aliphatic carbocycles. The lowest BCUT2D eigenvalue weighted by atomic mass is 9.82. The molecule has 0 saturated heterocycles. The monoisotopic (exact) mass is 633 g/mol. The number of rotatable bonds is 5. The van der Waals surface area contributed by atoms with Gasteiger partial charge in [-0.15, -0.1) is 0 Å². The van der Waals surface area contributed by atoms with Crippen molar-refractivity contribution in [2.45, 2.75) is 30.3 Å². The summed E-state index contributed by atoms with van der Waals surface area (Å²) in [6, 6.07) is 8.20. The van der Waals surface area contributed by atoms with Crippen LogP contribution in [0.5, 0.6) is 11.5 Å². The van der Waals surface area contributed by atoms with Gasteiger partial charge in [0, 0.05) is 23.1 Å². The van der Waals surface area contributed by atoms with E-state index in [1.807, 2.05) is 0 Å². The first-order valence-electron chi connectivity index (χ1n) is 12.2. The van der Waals surface area contributed by atoms with Crippen LogP contribution in [0, 0.1) is 41.8 Å². The number of halogens is 9. The van der Waals surface area contributed by atoms with Crippen molar-refractivity contribution < 1.29 is 56.9 Å². The minimum Gasteiger partial charge on any atom is -0.493 e. The summed E-state index contributed by atoms with van der Waals surface area (Å²) in [5, 5.41) is 0. The van der Waals surface area contributed by atoms with Crippen molar-refractivity contribution in [3.63, 3.8) is 0 Å². The van der Waals surface area contributed by atoms with Crippen molar-refractivity contribution in [1.82, 2.24) is 4.98 Å². The van der Waals surface area contributed by atoms with E-state index >= 15 is 0 Å². The van der Waals surface area contributed by atoms with Gasteiger partial charge in [0.05, 0.1) is 23.6 Å². The number of benzene rings is 3. The second-order valence-electron chi connectivity index (χ2n) is 9.39. The van der Waals surface area contributed by atoms with Crippen LogP contribution in [-0.2, 0) is 16.3 Å². The zero-order valence-electron chi connectivity index (χ0n) is 21.5. The fourth-order valence-corrected chi connectivity index (χ4v) is 5.56. The van der Waals surface area contributed by atoms with Crippen molar-refractivity contribution in [1.29, 1.82) is 0 Å². The van der Waals surface area contributed by atoms with Crippen LogP contribution in [-0.4, -0.2) is 20.0 Å². The standard InChI is InChI=1S/C28H16F9NO4S/c1-12-19(29)6-7-20(38-12)18-10-13(28(35,36)37)2-4-15(18)16-8-9-41-21-11-14(3-5-17(16)21)43(39,40)42-27-25(33)23(31)22(30)24(32)26(27)34/h2-7,10-11,16H,8-9H2,1H3. The van der Waals surface area contributed by atoms with E-state index in [9.17, 15) is 47.9 Å². The second kappa shape index (κ2) is 10.8. The quantitative estimate of drug-likeness (QED) is 0.0981. The zero-order chi connectivity index (χ0) is 31.4. The van der Waals surface area contributed by atoms with Gasteiger partial charge >= 0.3 is 16.3 Å². The number of fused-ring (bicyclic) bond motifs is 1. The third kappa shape index (κ3) is 5.48. The topological polar surface area (TPSA) is 65.5 Å². The maximum atomic E-state index is 14.1. The predicted molar refractivity (Wildman–Crippen MR) is 132 cm³/mol. The molecule has 0 radical (unpaired) electrons. The van der Waals surface area contributed by atoms with Crippen LogP contribution in [0.3, 0.4) is 0 Å². The molecule has 2 heterocycles. The average molecular weight is 633 g/mol. The van der Waals surface area contributed by atoms with E-state index in [1.54, 1.807) is 0 Å². The molecule has 15 heteroatoms. The highest BCUT2D eigenvalue weighted by atomic mass is 32.2. The van der Waals surface area contributed by atoms with Gasteiger partial charge in [-0.3, -0.25) is 4.98 Å². The number of aryl methyl sites for hydroxylation is 1. The van der Waals surface area contributed by atoms with E-state index in [0.29, 0.717) is 11.1 Å². The largest absolute Gasteiger partial charge is 0.493 e. The van der Waals surface area contributed by atoms with Crippen LogP contribution in [0.2, 0.25) is 0 Å². The van der Waals surface area contributed by atoms with Gasteiger partial charge in [-0.1, -0.05) is 12.1 Å². The molecule has 0 saturated carbocycles. The van der Waals surface area contributed by atoms with Gasteiger partial charge in [0.15, 0.2) is 0 Å². The van der Waals surface area contributed by atoms with Crippen LogP contribution in [0.25, 0.3) is 11.3 Å². The predicted octanol–water partition coefficient (Wildman–Crippen LogP) is 7.59. The number of pyridine rings is 1. The van der Waals surface area contributed by atoms with E-state index < -0.39 is 73.3 Å².